The van der Waals surface area contributed by atoms with Gasteiger partial charge in [-0.05, 0) is 34.1 Å². The average Bonchev–Trinajstić information content (AvgIpc) is 2.98. The van der Waals surface area contributed by atoms with E-state index >= 15 is 0 Å². The molecule has 0 bridgehead atoms. The van der Waals surface area contributed by atoms with Gasteiger partial charge in [-0.15, -0.1) is 22.7 Å². The van der Waals surface area contributed by atoms with Crippen LogP contribution in [0.3, 0.4) is 0 Å². The molecule has 0 saturated heterocycles. The summed E-state index contributed by atoms with van der Waals surface area (Å²) in [5, 5.41) is 1.06. The fraction of sp³-hybridized carbons (Fsp3) is 0. The molecule has 104 valence electrons. The molecule has 0 aliphatic heterocycles. The molecule has 0 aliphatic carbocycles. The van der Waals surface area contributed by atoms with E-state index in [1.165, 1.54) is 27.8 Å². The van der Waals surface area contributed by atoms with E-state index < -0.39 is 0 Å². The van der Waals surface area contributed by atoms with Crippen molar-refractivity contribution in [1.29, 1.82) is 0 Å². The first kappa shape index (κ1) is 13.8. The summed E-state index contributed by atoms with van der Waals surface area (Å²) < 4.78 is 18.7. The summed E-state index contributed by atoms with van der Waals surface area (Å²) in [4.78, 5) is 1.77. The summed E-state index contributed by atoms with van der Waals surface area (Å²) in [7, 11) is 0. The van der Waals surface area contributed by atoms with Crippen molar-refractivity contribution in [2.24, 2.45) is 0 Å². The lowest BCUT2D eigenvalue weighted by Crippen LogP contribution is -1.75. The van der Waals surface area contributed by atoms with E-state index in [1.54, 1.807) is 11.3 Å². The lowest BCUT2D eigenvalue weighted by Gasteiger charge is -2.02. The Morgan fingerprint density at radius 1 is 0.905 bits per heavy atom. The van der Waals surface area contributed by atoms with Gasteiger partial charge in [-0.1, -0.05) is 42.1 Å². The van der Waals surface area contributed by atoms with Crippen molar-refractivity contribution in [2.75, 3.05) is 0 Å². The topological polar surface area (TPSA) is 0 Å². The van der Waals surface area contributed by atoms with Gasteiger partial charge in [0.1, 0.15) is 0 Å². The predicted octanol–water partition coefficient (Wildman–Crippen LogP) is 7.17. The minimum Gasteiger partial charge on any atom is -0.194 e. The van der Waals surface area contributed by atoms with Gasteiger partial charge in [-0.3, -0.25) is 0 Å². The largest absolute Gasteiger partial charge is 0.194 e. The summed E-state index contributed by atoms with van der Waals surface area (Å²) >= 11 is 7.94. The van der Waals surface area contributed by atoms with Crippen LogP contribution in [0.5, 0.6) is 0 Å². The molecule has 0 nitrogen and oxygen atoms in total. The van der Waals surface area contributed by atoms with Gasteiger partial charge in [0.25, 0.3) is 0 Å². The van der Waals surface area contributed by atoms with Crippen LogP contribution in [-0.4, -0.2) is 0 Å². The maximum Gasteiger partial charge on any atom is 0.192 e. The van der Waals surface area contributed by atoms with E-state index in [9.17, 15) is 4.39 Å². The molecular formula is C16H8BrFS3. The average molecular weight is 395 g/mol. The highest BCUT2D eigenvalue weighted by molar-refractivity contribution is 9.10. The molecule has 0 unspecified atom stereocenters. The fourth-order valence-electron chi connectivity index (χ4n) is 2.22. The predicted molar refractivity (Wildman–Crippen MR) is 95.4 cm³/mol. The minimum atomic E-state index is -0.0947. The Morgan fingerprint density at radius 2 is 1.67 bits per heavy atom. The van der Waals surface area contributed by atoms with Crippen molar-refractivity contribution in [2.45, 2.75) is 9.79 Å². The summed E-state index contributed by atoms with van der Waals surface area (Å²) in [5.41, 5.74) is 0. The lowest BCUT2D eigenvalue weighted by molar-refractivity contribution is 0.636. The van der Waals surface area contributed by atoms with Gasteiger partial charge in [0, 0.05) is 19.5 Å². The van der Waals surface area contributed by atoms with E-state index in [2.05, 4.69) is 28.1 Å². The number of hydrogen-bond donors (Lipinski definition) is 0. The van der Waals surface area contributed by atoms with Crippen LogP contribution in [0.1, 0.15) is 0 Å². The normalized spacial score (nSPS) is 11.5. The highest BCUT2D eigenvalue weighted by Crippen LogP contribution is 2.48. The maximum absolute atomic E-state index is 14.4. The second-order valence-electron chi connectivity index (χ2n) is 4.49. The first-order valence-electron chi connectivity index (χ1n) is 6.26. The molecule has 2 aromatic carbocycles. The molecule has 4 rings (SSSR count). The SMILES string of the molecule is Fc1sc2c(sc3ccccc32)c1Sc1ccccc1Br. The molecule has 0 aliphatic rings. The summed E-state index contributed by atoms with van der Waals surface area (Å²) in [6.07, 6.45) is 0. The number of hydrogen-bond acceptors (Lipinski definition) is 3. The van der Waals surface area contributed by atoms with Crippen LogP contribution in [0.25, 0.3) is 19.5 Å². The Kier molecular flexibility index (Phi) is 3.53. The molecule has 0 amide bonds. The third-order valence-electron chi connectivity index (χ3n) is 3.18. The van der Waals surface area contributed by atoms with Crippen molar-refractivity contribution in [3.8, 4) is 0 Å². The molecule has 2 aromatic heterocycles. The first-order chi connectivity index (χ1) is 10.2. The number of thiophene rings is 2. The summed E-state index contributed by atoms with van der Waals surface area (Å²) in [6.45, 7) is 0. The van der Waals surface area contributed by atoms with E-state index in [4.69, 9.17) is 0 Å². The minimum absolute atomic E-state index is 0.0947. The fourth-order valence-corrected chi connectivity index (χ4v) is 6.39. The van der Waals surface area contributed by atoms with Gasteiger partial charge in [-0.25, -0.2) is 0 Å². The molecule has 4 aromatic rings. The quantitative estimate of drug-likeness (QED) is 0.347. The first-order valence-corrected chi connectivity index (χ1v) is 9.50. The van der Waals surface area contributed by atoms with Gasteiger partial charge in [0.15, 0.2) is 5.13 Å². The standard InChI is InChI=1S/C16H8BrFS3/c17-10-6-2-4-8-12(10)20-15-14-13(21-16(15)18)9-5-1-3-7-11(9)19-14/h1-8H. The van der Waals surface area contributed by atoms with Crippen LogP contribution in [0.15, 0.2) is 62.8 Å². The summed E-state index contributed by atoms with van der Waals surface area (Å²) in [5.74, 6) is 0. The van der Waals surface area contributed by atoms with Crippen LogP contribution in [0, 0.1) is 5.13 Å². The number of fused-ring (bicyclic) bond motifs is 3. The van der Waals surface area contributed by atoms with Gasteiger partial charge < -0.3 is 0 Å². The monoisotopic (exact) mass is 394 g/mol. The van der Waals surface area contributed by atoms with E-state index in [1.807, 2.05) is 36.4 Å². The second kappa shape index (κ2) is 5.39. The summed E-state index contributed by atoms with van der Waals surface area (Å²) in [6, 6.07) is 16.1. The lowest BCUT2D eigenvalue weighted by atomic mass is 10.2. The Hall–Kier alpha value is -0.880. The van der Waals surface area contributed by atoms with Crippen LogP contribution in [0.2, 0.25) is 0 Å². The zero-order chi connectivity index (χ0) is 14.4. The third kappa shape index (κ3) is 2.32. The van der Waals surface area contributed by atoms with Crippen LogP contribution in [-0.2, 0) is 0 Å². The van der Waals surface area contributed by atoms with Crippen LogP contribution in [0.4, 0.5) is 4.39 Å². The Morgan fingerprint density at radius 3 is 2.52 bits per heavy atom. The molecule has 2 heterocycles. The van der Waals surface area contributed by atoms with Gasteiger partial charge >= 0.3 is 0 Å². The smallest absolute Gasteiger partial charge is 0.192 e. The van der Waals surface area contributed by atoms with Gasteiger partial charge in [0.05, 0.1) is 14.3 Å². The van der Waals surface area contributed by atoms with E-state index in [0.29, 0.717) is 0 Å². The van der Waals surface area contributed by atoms with Crippen molar-refractivity contribution < 1.29 is 4.39 Å². The Balaban J connectivity index is 1.92. The Bertz CT molecular complexity index is 955. The zero-order valence-electron chi connectivity index (χ0n) is 10.6. The van der Waals surface area contributed by atoms with Crippen LogP contribution < -0.4 is 0 Å². The molecule has 5 heteroatoms. The van der Waals surface area contributed by atoms with Crippen LogP contribution >= 0.6 is 50.4 Å². The van der Waals surface area contributed by atoms with Crippen molar-refractivity contribution >= 4 is 69.9 Å². The van der Waals surface area contributed by atoms with Gasteiger partial charge in [-0.2, -0.15) is 4.39 Å². The van der Waals surface area contributed by atoms with E-state index in [0.717, 1.165) is 29.0 Å². The number of benzene rings is 2. The molecule has 0 fully saturated rings. The highest BCUT2D eigenvalue weighted by atomic mass is 79.9. The molecule has 21 heavy (non-hydrogen) atoms. The number of halogens is 2. The molecule has 0 N–H and O–H groups in total. The molecule has 0 atom stereocenters. The molecule has 0 spiro atoms. The van der Waals surface area contributed by atoms with Crippen molar-refractivity contribution in [1.82, 2.24) is 0 Å². The maximum atomic E-state index is 14.4. The third-order valence-corrected chi connectivity index (χ3v) is 7.88. The molecule has 0 radical (unpaired) electrons. The van der Waals surface area contributed by atoms with Gasteiger partial charge in [0.2, 0.25) is 0 Å². The van der Waals surface area contributed by atoms with Crippen molar-refractivity contribution in [3.63, 3.8) is 0 Å². The highest BCUT2D eigenvalue weighted by Gasteiger charge is 2.18. The number of rotatable bonds is 2. The Labute approximate surface area is 141 Å². The second-order valence-corrected chi connectivity index (χ2v) is 8.42. The molecule has 0 saturated carbocycles. The zero-order valence-corrected chi connectivity index (χ0v) is 14.6. The van der Waals surface area contributed by atoms with E-state index in [-0.39, 0.29) is 5.13 Å². The molecular weight excluding hydrogens is 387 g/mol. The van der Waals surface area contributed by atoms with Crippen molar-refractivity contribution in [3.05, 3.63) is 58.1 Å².